The van der Waals surface area contributed by atoms with E-state index in [0.29, 0.717) is 34.3 Å². The standard InChI is InChI=1S/C23H21N5O3S/c1-3-31-17-11-9-15(10-12-17)21-25-18(20(24)30)19-22(27-21)28(16-7-5-4-6-8-16)23(26-19)32-13-14(2)29/h4-12H,3,13H2,1-2H3,(H2,24,30). The summed E-state index contributed by atoms with van der Waals surface area (Å²) in [6.07, 6.45) is 0. The van der Waals surface area contributed by atoms with Gasteiger partial charge in [-0.15, -0.1) is 0 Å². The highest BCUT2D eigenvalue weighted by Crippen LogP contribution is 2.30. The van der Waals surface area contributed by atoms with E-state index in [1.165, 1.54) is 18.7 Å². The number of carbonyl (C=O) groups excluding carboxylic acids is 2. The van der Waals surface area contributed by atoms with Crippen molar-refractivity contribution in [3.63, 3.8) is 0 Å². The summed E-state index contributed by atoms with van der Waals surface area (Å²) in [6.45, 7) is 3.99. The molecular formula is C23H21N5O3S. The zero-order valence-electron chi connectivity index (χ0n) is 17.6. The number of benzene rings is 2. The number of aromatic nitrogens is 4. The van der Waals surface area contributed by atoms with E-state index in [-0.39, 0.29) is 17.2 Å². The number of rotatable bonds is 8. The van der Waals surface area contributed by atoms with E-state index in [0.717, 1.165) is 11.4 Å². The number of hydrogen-bond acceptors (Lipinski definition) is 7. The predicted molar refractivity (Wildman–Crippen MR) is 123 cm³/mol. The first-order chi connectivity index (χ1) is 15.5. The molecule has 4 rings (SSSR count). The van der Waals surface area contributed by atoms with Crippen LogP contribution in [0, 0.1) is 0 Å². The SMILES string of the molecule is CCOc1ccc(-c2nc(C(N)=O)c3nc(SCC(C)=O)n(-c4ccccc4)c3n2)cc1. The molecule has 32 heavy (non-hydrogen) atoms. The van der Waals surface area contributed by atoms with Gasteiger partial charge in [0, 0.05) is 11.3 Å². The number of para-hydroxylation sites is 1. The molecule has 0 fully saturated rings. The molecule has 0 radical (unpaired) electrons. The monoisotopic (exact) mass is 447 g/mol. The number of thioether (sulfide) groups is 1. The lowest BCUT2D eigenvalue weighted by molar-refractivity contribution is -0.114. The molecule has 0 aliphatic rings. The first kappa shape index (κ1) is 21.5. The van der Waals surface area contributed by atoms with Gasteiger partial charge in [-0.2, -0.15) is 0 Å². The van der Waals surface area contributed by atoms with Crippen molar-refractivity contribution >= 4 is 34.6 Å². The van der Waals surface area contributed by atoms with Crippen molar-refractivity contribution in [3.05, 3.63) is 60.3 Å². The number of ether oxygens (including phenoxy) is 1. The van der Waals surface area contributed by atoms with Gasteiger partial charge in [0.15, 0.2) is 22.3 Å². The average molecular weight is 448 g/mol. The van der Waals surface area contributed by atoms with Gasteiger partial charge >= 0.3 is 0 Å². The smallest absolute Gasteiger partial charge is 0.269 e. The van der Waals surface area contributed by atoms with Crippen LogP contribution in [-0.4, -0.2) is 43.6 Å². The highest BCUT2D eigenvalue weighted by Gasteiger charge is 2.22. The van der Waals surface area contributed by atoms with Gasteiger partial charge in [0.05, 0.1) is 12.4 Å². The van der Waals surface area contributed by atoms with Crippen LogP contribution in [0.2, 0.25) is 0 Å². The van der Waals surface area contributed by atoms with Gasteiger partial charge in [-0.05, 0) is 50.2 Å². The van der Waals surface area contributed by atoms with Gasteiger partial charge in [-0.1, -0.05) is 30.0 Å². The third-order valence-electron chi connectivity index (χ3n) is 4.55. The molecule has 0 aliphatic heterocycles. The summed E-state index contributed by atoms with van der Waals surface area (Å²) in [7, 11) is 0. The minimum absolute atomic E-state index is 0.0120. The Kier molecular flexibility index (Phi) is 6.18. The molecule has 2 heterocycles. The number of primary amides is 1. The van der Waals surface area contributed by atoms with Gasteiger partial charge in [-0.25, -0.2) is 15.0 Å². The van der Waals surface area contributed by atoms with Gasteiger partial charge in [0.1, 0.15) is 17.0 Å². The highest BCUT2D eigenvalue weighted by molar-refractivity contribution is 7.99. The van der Waals surface area contributed by atoms with E-state index in [2.05, 4.69) is 9.97 Å². The third kappa shape index (κ3) is 4.33. The molecule has 0 bridgehead atoms. The minimum atomic E-state index is -0.703. The molecule has 2 N–H and O–H groups in total. The Morgan fingerprint density at radius 2 is 1.75 bits per heavy atom. The van der Waals surface area contributed by atoms with Crippen molar-refractivity contribution in [1.82, 2.24) is 19.5 Å². The maximum absolute atomic E-state index is 12.3. The van der Waals surface area contributed by atoms with Crippen molar-refractivity contribution < 1.29 is 14.3 Å². The van der Waals surface area contributed by atoms with Gasteiger partial charge < -0.3 is 10.5 Å². The topological polar surface area (TPSA) is 113 Å². The number of imidazole rings is 1. The van der Waals surface area contributed by atoms with Gasteiger partial charge in [0.2, 0.25) is 0 Å². The van der Waals surface area contributed by atoms with Crippen LogP contribution in [-0.2, 0) is 4.79 Å². The lowest BCUT2D eigenvalue weighted by Crippen LogP contribution is -2.15. The lowest BCUT2D eigenvalue weighted by atomic mass is 10.2. The van der Waals surface area contributed by atoms with Crippen LogP contribution >= 0.6 is 11.8 Å². The maximum atomic E-state index is 12.3. The molecule has 0 saturated carbocycles. The Hall–Kier alpha value is -3.72. The molecule has 8 nitrogen and oxygen atoms in total. The van der Waals surface area contributed by atoms with Gasteiger partial charge in [-0.3, -0.25) is 14.2 Å². The fourth-order valence-electron chi connectivity index (χ4n) is 3.18. The number of hydrogen-bond donors (Lipinski definition) is 1. The molecule has 0 unspecified atom stereocenters. The molecule has 0 saturated heterocycles. The molecule has 2 aromatic carbocycles. The van der Waals surface area contributed by atoms with E-state index in [9.17, 15) is 9.59 Å². The second-order valence-corrected chi connectivity index (χ2v) is 7.89. The van der Waals surface area contributed by atoms with Crippen LogP contribution in [0.25, 0.3) is 28.2 Å². The molecule has 9 heteroatoms. The van der Waals surface area contributed by atoms with Crippen LogP contribution in [0.4, 0.5) is 0 Å². The quantitative estimate of drug-likeness (QED) is 0.410. The third-order valence-corrected chi connectivity index (χ3v) is 5.63. The van der Waals surface area contributed by atoms with Crippen molar-refractivity contribution in [2.45, 2.75) is 19.0 Å². The molecule has 162 valence electrons. The molecule has 1 amide bonds. The highest BCUT2D eigenvalue weighted by atomic mass is 32.2. The van der Waals surface area contributed by atoms with Gasteiger partial charge in [0.25, 0.3) is 5.91 Å². The largest absolute Gasteiger partial charge is 0.494 e. The van der Waals surface area contributed by atoms with Crippen molar-refractivity contribution in [2.24, 2.45) is 5.73 Å². The van der Waals surface area contributed by atoms with E-state index >= 15 is 0 Å². The maximum Gasteiger partial charge on any atom is 0.269 e. The van der Waals surface area contributed by atoms with E-state index < -0.39 is 5.91 Å². The van der Waals surface area contributed by atoms with Crippen molar-refractivity contribution in [1.29, 1.82) is 0 Å². The first-order valence-corrected chi connectivity index (χ1v) is 11.0. The van der Waals surface area contributed by atoms with E-state index in [4.69, 9.17) is 15.5 Å². The molecule has 2 aromatic heterocycles. The second-order valence-electron chi connectivity index (χ2n) is 6.95. The summed E-state index contributed by atoms with van der Waals surface area (Å²) in [5.74, 6) is 0.615. The zero-order valence-corrected chi connectivity index (χ0v) is 18.4. The van der Waals surface area contributed by atoms with Crippen LogP contribution in [0.5, 0.6) is 5.75 Å². The minimum Gasteiger partial charge on any atom is -0.494 e. The molecular weight excluding hydrogens is 426 g/mol. The number of amides is 1. The summed E-state index contributed by atoms with van der Waals surface area (Å²) in [5, 5.41) is 0.530. The Morgan fingerprint density at radius 3 is 2.38 bits per heavy atom. The molecule has 0 atom stereocenters. The van der Waals surface area contributed by atoms with Crippen molar-refractivity contribution in [2.75, 3.05) is 12.4 Å². The Bertz CT molecular complexity index is 1290. The first-order valence-electron chi connectivity index (χ1n) is 9.99. The fraction of sp³-hybridized carbons (Fsp3) is 0.174. The summed E-state index contributed by atoms with van der Waals surface area (Å²) in [5.41, 5.74) is 7.91. The number of fused-ring (bicyclic) bond motifs is 1. The predicted octanol–water partition coefficient (Wildman–Crippen LogP) is 3.66. The summed E-state index contributed by atoms with van der Waals surface area (Å²) in [6, 6.07) is 16.8. The lowest BCUT2D eigenvalue weighted by Gasteiger charge is -2.09. The number of ketones is 1. The fourth-order valence-corrected chi connectivity index (χ4v) is 3.99. The number of carbonyl (C=O) groups is 2. The summed E-state index contributed by atoms with van der Waals surface area (Å²) >= 11 is 1.27. The second kappa shape index (κ2) is 9.19. The normalized spacial score (nSPS) is 10.9. The van der Waals surface area contributed by atoms with E-state index in [1.807, 2.05) is 66.1 Å². The number of nitrogens with two attached hydrogens (primary N) is 1. The molecule has 0 spiro atoms. The Morgan fingerprint density at radius 1 is 1.03 bits per heavy atom. The Labute approximate surface area is 188 Å². The summed E-state index contributed by atoms with van der Waals surface area (Å²) < 4.78 is 7.31. The average Bonchev–Trinajstić information content (AvgIpc) is 3.16. The van der Waals surface area contributed by atoms with Crippen LogP contribution < -0.4 is 10.5 Å². The van der Waals surface area contributed by atoms with Crippen LogP contribution in [0.1, 0.15) is 24.3 Å². The van der Waals surface area contributed by atoms with Crippen LogP contribution in [0.15, 0.2) is 59.8 Å². The number of Topliss-reactive ketones (excluding diaryl/α,β-unsaturated/α-hetero) is 1. The van der Waals surface area contributed by atoms with Crippen molar-refractivity contribution in [3.8, 4) is 22.8 Å². The number of nitrogens with zero attached hydrogens (tertiary/aromatic N) is 4. The molecule has 0 aliphatic carbocycles. The van der Waals surface area contributed by atoms with Crippen LogP contribution in [0.3, 0.4) is 0 Å². The Balaban J connectivity index is 1.94. The molecule has 4 aromatic rings. The summed E-state index contributed by atoms with van der Waals surface area (Å²) in [4.78, 5) is 37.6. The zero-order chi connectivity index (χ0) is 22.7. The van der Waals surface area contributed by atoms with E-state index in [1.54, 1.807) is 0 Å².